The van der Waals surface area contributed by atoms with Gasteiger partial charge in [0.1, 0.15) is 0 Å². The fraction of sp³-hybridized carbons (Fsp3) is 0. The number of aromatic nitrogens is 2. The molecular formula is C56H32BN3. The Balaban J connectivity index is 1.17. The lowest BCUT2D eigenvalue weighted by Crippen LogP contribution is -2.60. The van der Waals surface area contributed by atoms with Crippen molar-refractivity contribution >= 4 is 105 Å². The molecule has 15 rings (SSSR count). The van der Waals surface area contributed by atoms with E-state index in [1.807, 2.05) is 0 Å². The second-order valence-corrected chi connectivity index (χ2v) is 16.8. The molecule has 60 heavy (non-hydrogen) atoms. The largest absolute Gasteiger partial charge is 0.311 e. The molecule has 2 aliphatic heterocycles. The molecule has 0 unspecified atom stereocenters. The first kappa shape index (κ1) is 31.2. The van der Waals surface area contributed by atoms with Crippen molar-refractivity contribution in [3.63, 3.8) is 0 Å². The molecule has 0 N–H and O–H groups in total. The highest BCUT2D eigenvalue weighted by Crippen LogP contribution is 2.51. The van der Waals surface area contributed by atoms with Crippen molar-refractivity contribution in [2.75, 3.05) is 4.90 Å². The number of rotatable bonds is 2. The van der Waals surface area contributed by atoms with E-state index in [4.69, 9.17) is 0 Å². The number of anilines is 3. The number of fused-ring (bicyclic) bond motifs is 13. The Morgan fingerprint density at radius 2 is 0.983 bits per heavy atom. The molecule has 0 saturated carbocycles. The van der Waals surface area contributed by atoms with Crippen LogP contribution in [0.25, 0.3) is 98.8 Å². The minimum absolute atomic E-state index is 0.0289. The van der Waals surface area contributed by atoms with Crippen LogP contribution in [0.2, 0.25) is 0 Å². The number of hydrogen-bond acceptors (Lipinski definition) is 1. The molecule has 4 heterocycles. The third-order valence-electron chi connectivity index (χ3n) is 14.0. The first-order valence-electron chi connectivity index (χ1n) is 21.0. The van der Waals surface area contributed by atoms with Crippen LogP contribution in [0.3, 0.4) is 0 Å². The van der Waals surface area contributed by atoms with Crippen LogP contribution in [0.5, 0.6) is 0 Å². The molecule has 3 nitrogen and oxygen atoms in total. The monoisotopic (exact) mass is 757 g/mol. The van der Waals surface area contributed by atoms with Crippen molar-refractivity contribution in [1.29, 1.82) is 0 Å². The highest BCUT2D eigenvalue weighted by atomic mass is 15.2. The van der Waals surface area contributed by atoms with Crippen LogP contribution in [0, 0.1) is 0 Å². The smallest absolute Gasteiger partial charge is 0.252 e. The van der Waals surface area contributed by atoms with Gasteiger partial charge in [-0.25, -0.2) is 0 Å². The van der Waals surface area contributed by atoms with Crippen molar-refractivity contribution in [3.8, 4) is 33.6 Å². The van der Waals surface area contributed by atoms with Crippen molar-refractivity contribution < 1.29 is 0 Å². The van der Waals surface area contributed by atoms with Crippen molar-refractivity contribution in [1.82, 2.24) is 9.13 Å². The zero-order valence-corrected chi connectivity index (χ0v) is 32.4. The van der Waals surface area contributed by atoms with Crippen LogP contribution in [-0.2, 0) is 0 Å². The predicted molar refractivity (Wildman–Crippen MR) is 254 cm³/mol. The molecule has 0 bridgehead atoms. The van der Waals surface area contributed by atoms with Crippen LogP contribution < -0.4 is 21.3 Å². The third-order valence-corrected chi connectivity index (χ3v) is 14.0. The summed E-state index contributed by atoms with van der Waals surface area (Å²) in [6.45, 7) is 0.0289. The van der Waals surface area contributed by atoms with Gasteiger partial charge in [0.05, 0.1) is 27.8 Å². The van der Waals surface area contributed by atoms with Gasteiger partial charge in [-0.15, -0.1) is 0 Å². The van der Waals surface area contributed by atoms with Gasteiger partial charge in [0.25, 0.3) is 6.71 Å². The van der Waals surface area contributed by atoms with Crippen LogP contribution in [0.15, 0.2) is 194 Å². The second-order valence-electron chi connectivity index (χ2n) is 16.8. The molecular weight excluding hydrogens is 725 g/mol. The fourth-order valence-corrected chi connectivity index (χ4v) is 11.8. The molecule has 3 aliphatic rings. The maximum Gasteiger partial charge on any atom is 0.252 e. The Morgan fingerprint density at radius 1 is 0.333 bits per heavy atom. The predicted octanol–water partition coefficient (Wildman–Crippen LogP) is 12.4. The normalized spacial score (nSPS) is 13.3. The third kappa shape index (κ3) is 3.70. The van der Waals surface area contributed by atoms with Gasteiger partial charge in [0.2, 0.25) is 0 Å². The molecule has 12 aromatic rings. The SMILES string of the molecule is c1ccc(N2c3ccccc3B3c4c2cc(-n2c5ccccc5c5c6ccccc6ccc52)cc4-n2c4cccc5c4c4c6c(cccc6cc3c42)-c2ccccc2-5)cc1. The van der Waals surface area contributed by atoms with E-state index in [1.54, 1.807) is 0 Å². The summed E-state index contributed by atoms with van der Waals surface area (Å²) in [5, 5.41) is 10.4. The van der Waals surface area contributed by atoms with Crippen LogP contribution >= 0.6 is 0 Å². The summed E-state index contributed by atoms with van der Waals surface area (Å²) in [5.41, 5.74) is 20.2. The molecule has 0 amide bonds. The van der Waals surface area contributed by atoms with Crippen molar-refractivity contribution in [3.05, 3.63) is 194 Å². The first-order valence-corrected chi connectivity index (χ1v) is 21.0. The quantitative estimate of drug-likeness (QED) is 0.160. The van der Waals surface area contributed by atoms with E-state index in [0.29, 0.717) is 0 Å². The van der Waals surface area contributed by atoms with Gasteiger partial charge in [-0.05, 0) is 109 Å². The fourth-order valence-electron chi connectivity index (χ4n) is 11.8. The minimum Gasteiger partial charge on any atom is -0.311 e. The lowest BCUT2D eigenvalue weighted by molar-refractivity contribution is 1.13. The van der Waals surface area contributed by atoms with E-state index in [-0.39, 0.29) is 6.71 Å². The first-order chi connectivity index (χ1) is 29.8. The zero-order valence-electron chi connectivity index (χ0n) is 32.4. The Kier molecular flexibility index (Phi) is 5.73. The number of hydrogen-bond donors (Lipinski definition) is 0. The van der Waals surface area contributed by atoms with E-state index in [1.165, 1.54) is 121 Å². The standard InChI is InChI=1S/C56H32BN3/c1-2-16-35(17-3-1)58-46-26-11-9-24-43(46)57-44-30-34-15-12-22-40-38-19-6-7-20-39(38)41-23-13-27-47-53(41)54(51(34)40)56(44)60(47)50-32-36(31-49(58)55(50)57)59-45-25-10-8-21-42(45)52-37-18-5-4-14-33(37)28-29-48(52)59/h1-32H. The van der Waals surface area contributed by atoms with Gasteiger partial charge in [-0.1, -0.05) is 146 Å². The summed E-state index contributed by atoms with van der Waals surface area (Å²) in [6.07, 6.45) is 0. The van der Waals surface area contributed by atoms with Gasteiger partial charge >= 0.3 is 0 Å². The molecule has 0 fully saturated rings. The Labute approximate surface area is 345 Å². The molecule has 274 valence electrons. The Morgan fingerprint density at radius 3 is 1.87 bits per heavy atom. The summed E-state index contributed by atoms with van der Waals surface area (Å²) in [5.74, 6) is 0. The highest BCUT2D eigenvalue weighted by molar-refractivity contribution is 7.00. The van der Waals surface area contributed by atoms with Gasteiger partial charge in [-0.2, -0.15) is 0 Å². The summed E-state index contributed by atoms with van der Waals surface area (Å²) in [7, 11) is 0. The molecule has 2 aromatic heterocycles. The van der Waals surface area contributed by atoms with Gasteiger partial charge in [-0.3, -0.25) is 0 Å². The lowest BCUT2D eigenvalue weighted by Gasteiger charge is -2.40. The van der Waals surface area contributed by atoms with E-state index in [0.717, 1.165) is 11.4 Å². The maximum absolute atomic E-state index is 2.65. The van der Waals surface area contributed by atoms with Crippen LogP contribution in [0.1, 0.15) is 0 Å². The van der Waals surface area contributed by atoms with Crippen LogP contribution in [0.4, 0.5) is 17.1 Å². The van der Waals surface area contributed by atoms with Crippen molar-refractivity contribution in [2.45, 2.75) is 0 Å². The molecule has 0 spiro atoms. The number of benzene rings is 10. The van der Waals surface area contributed by atoms with E-state index < -0.39 is 0 Å². The summed E-state index contributed by atoms with van der Waals surface area (Å²) in [6, 6.07) is 73.0. The topological polar surface area (TPSA) is 13.1 Å². The molecule has 10 aromatic carbocycles. The number of nitrogens with zero attached hydrogens (tertiary/aromatic N) is 3. The molecule has 0 radical (unpaired) electrons. The molecule has 4 heteroatoms. The average Bonchev–Trinajstić information content (AvgIpc) is 3.80. The maximum atomic E-state index is 2.65. The highest BCUT2D eigenvalue weighted by Gasteiger charge is 2.43. The van der Waals surface area contributed by atoms with Gasteiger partial charge in [0, 0.05) is 44.3 Å². The Bertz CT molecular complexity index is 3910. The lowest BCUT2D eigenvalue weighted by atomic mass is 9.33. The van der Waals surface area contributed by atoms with E-state index in [9.17, 15) is 0 Å². The minimum atomic E-state index is 0.0289. The van der Waals surface area contributed by atoms with Crippen molar-refractivity contribution in [2.24, 2.45) is 0 Å². The molecule has 0 atom stereocenters. The van der Waals surface area contributed by atoms with E-state index in [2.05, 4.69) is 208 Å². The Hall–Kier alpha value is -7.82. The number of para-hydroxylation sites is 3. The average molecular weight is 758 g/mol. The van der Waals surface area contributed by atoms with E-state index >= 15 is 0 Å². The van der Waals surface area contributed by atoms with Gasteiger partial charge < -0.3 is 14.0 Å². The second kappa shape index (κ2) is 11.0. The zero-order chi connectivity index (χ0) is 38.8. The molecule has 1 aliphatic carbocycles. The van der Waals surface area contributed by atoms with Crippen LogP contribution in [-0.4, -0.2) is 15.8 Å². The van der Waals surface area contributed by atoms with Gasteiger partial charge in [0.15, 0.2) is 0 Å². The summed E-state index contributed by atoms with van der Waals surface area (Å²) >= 11 is 0. The molecule has 0 saturated heterocycles. The summed E-state index contributed by atoms with van der Waals surface area (Å²) < 4.78 is 5.17. The summed E-state index contributed by atoms with van der Waals surface area (Å²) in [4.78, 5) is 2.52.